The van der Waals surface area contributed by atoms with Crippen LogP contribution in [0.25, 0.3) is 0 Å². The number of benzene rings is 1. The molecule has 1 aromatic rings. The van der Waals surface area contributed by atoms with Crippen molar-refractivity contribution in [3.8, 4) is 0 Å². The number of rotatable bonds is 10. The second-order valence-corrected chi connectivity index (χ2v) is 9.87. The molecular formula is C19H28N6O6S. The van der Waals surface area contributed by atoms with Crippen molar-refractivity contribution in [3.05, 3.63) is 29.8 Å². The van der Waals surface area contributed by atoms with Crippen LogP contribution in [-0.2, 0) is 24.4 Å². The summed E-state index contributed by atoms with van der Waals surface area (Å²) in [5.74, 6) is -2.34. The fraction of sp³-hybridized carbons (Fsp3) is 0.474. The zero-order valence-corrected chi connectivity index (χ0v) is 18.7. The lowest BCUT2D eigenvalue weighted by atomic mass is 10.1. The Hall–Kier alpha value is -3.19. The Morgan fingerprint density at radius 2 is 1.84 bits per heavy atom. The third kappa shape index (κ3) is 6.65. The fourth-order valence-electron chi connectivity index (χ4n) is 2.91. The lowest BCUT2D eigenvalue weighted by Gasteiger charge is -2.35. The van der Waals surface area contributed by atoms with Gasteiger partial charge < -0.3 is 26.0 Å². The Morgan fingerprint density at radius 3 is 2.34 bits per heavy atom. The minimum atomic E-state index is -3.84. The number of piperazine rings is 1. The lowest BCUT2D eigenvalue weighted by Crippen LogP contribution is -2.55. The number of amides is 2. The predicted molar refractivity (Wildman–Crippen MR) is 118 cm³/mol. The van der Waals surface area contributed by atoms with Crippen LogP contribution in [0.3, 0.4) is 0 Å². The molecule has 32 heavy (non-hydrogen) atoms. The van der Waals surface area contributed by atoms with Gasteiger partial charge in [-0.3, -0.25) is 19.8 Å². The van der Waals surface area contributed by atoms with E-state index in [9.17, 15) is 27.9 Å². The standard InChI is InChI=1S/C19H28N6O6S/c1-12(2)32(30,31)23-15(19(28)29)9-22-16(26)10-25-8-7-24(11-17(25)27)14-5-3-13(4-6-14)18(20)21/h3-6,12,15,23H,7-11H2,1-2H3,(H3,20,21)(H,22,26)(H,28,29)/t15-/m0/s1. The summed E-state index contributed by atoms with van der Waals surface area (Å²) >= 11 is 0. The largest absolute Gasteiger partial charge is 0.480 e. The number of hydrogen-bond acceptors (Lipinski definition) is 7. The third-order valence-electron chi connectivity index (χ3n) is 4.93. The number of anilines is 1. The van der Waals surface area contributed by atoms with E-state index in [0.29, 0.717) is 12.1 Å². The summed E-state index contributed by atoms with van der Waals surface area (Å²) < 4.78 is 25.8. The quantitative estimate of drug-likeness (QED) is 0.203. The number of aliphatic carboxylic acids is 1. The molecule has 0 radical (unpaired) electrons. The molecule has 0 unspecified atom stereocenters. The van der Waals surface area contributed by atoms with Gasteiger partial charge in [0.05, 0.1) is 18.3 Å². The highest BCUT2D eigenvalue weighted by Gasteiger charge is 2.28. The van der Waals surface area contributed by atoms with Crippen LogP contribution in [0.15, 0.2) is 24.3 Å². The molecule has 1 fully saturated rings. The van der Waals surface area contributed by atoms with Gasteiger partial charge >= 0.3 is 5.97 Å². The van der Waals surface area contributed by atoms with Crippen molar-refractivity contribution >= 4 is 39.3 Å². The molecule has 0 spiro atoms. The topological polar surface area (TPSA) is 186 Å². The van der Waals surface area contributed by atoms with Gasteiger partial charge in [-0.2, -0.15) is 4.72 Å². The monoisotopic (exact) mass is 468 g/mol. The van der Waals surface area contributed by atoms with E-state index < -0.39 is 39.7 Å². The minimum absolute atomic E-state index is 0.0504. The Morgan fingerprint density at radius 1 is 1.22 bits per heavy atom. The smallest absolute Gasteiger partial charge is 0.323 e. The van der Waals surface area contributed by atoms with Crippen molar-refractivity contribution in [2.45, 2.75) is 25.1 Å². The summed E-state index contributed by atoms with van der Waals surface area (Å²) in [6, 6.07) is 5.38. The van der Waals surface area contributed by atoms with Crippen LogP contribution >= 0.6 is 0 Å². The number of sulfonamides is 1. The Balaban J connectivity index is 1.88. The normalized spacial score (nSPS) is 15.5. The first-order valence-corrected chi connectivity index (χ1v) is 11.4. The summed E-state index contributed by atoms with van der Waals surface area (Å²) in [7, 11) is -3.84. The molecule has 0 saturated carbocycles. The number of carboxylic acid groups (broad SMARTS) is 1. The van der Waals surface area contributed by atoms with E-state index in [2.05, 4.69) is 5.32 Å². The lowest BCUT2D eigenvalue weighted by molar-refractivity contribution is -0.139. The van der Waals surface area contributed by atoms with Gasteiger partial charge in [0.25, 0.3) is 0 Å². The first-order chi connectivity index (χ1) is 14.9. The van der Waals surface area contributed by atoms with Gasteiger partial charge in [0.1, 0.15) is 11.9 Å². The highest BCUT2D eigenvalue weighted by Crippen LogP contribution is 2.17. The van der Waals surface area contributed by atoms with E-state index in [4.69, 9.17) is 11.1 Å². The molecule has 0 aliphatic carbocycles. The zero-order chi connectivity index (χ0) is 24.1. The molecule has 2 rings (SSSR count). The number of hydrogen-bond donors (Lipinski definition) is 5. The molecule has 12 nitrogen and oxygen atoms in total. The van der Waals surface area contributed by atoms with Crippen molar-refractivity contribution in [1.82, 2.24) is 14.9 Å². The average Bonchev–Trinajstić information content (AvgIpc) is 2.72. The fourth-order valence-corrected chi connectivity index (χ4v) is 3.76. The van der Waals surface area contributed by atoms with Crippen LogP contribution in [0.4, 0.5) is 5.69 Å². The Labute approximate surface area is 186 Å². The summed E-state index contributed by atoms with van der Waals surface area (Å²) in [6.45, 7) is 2.91. The molecule has 1 aromatic carbocycles. The molecule has 0 aromatic heterocycles. The molecule has 13 heteroatoms. The highest BCUT2D eigenvalue weighted by atomic mass is 32.2. The summed E-state index contributed by atoms with van der Waals surface area (Å²) in [4.78, 5) is 39.2. The number of carboxylic acids is 1. The molecule has 1 saturated heterocycles. The van der Waals surface area contributed by atoms with Gasteiger partial charge in [-0.15, -0.1) is 0 Å². The van der Waals surface area contributed by atoms with Crippen molar-refractivity contribution in [1.29, 1.82) is 5.41 Å². The molecule has 2 amide bonds. The van der Waals surface area contributed by atoms with Crippen molar-refractivity contribution in [3.63, 3.8) is 0 Å². The number of carbonyl (C=O) groups excluding carboxylic acids is 2. The second kappa shape index (κ2) is 10.4. The van der Waals surface area contributed by atoms with Crippen molar-refractivity contribution < 1.29 is 27.9 Å². The van der Waals surface area contributed by atoms with Crippen LogP contribution in [-0.4, -0.2) is 86.1 Å². The maximum atomic E-state index is 12.5. The number of nitrogens with one attached hydrogen (secondary N) is 3. The average molecular weight is 469 g/mol. The van der Waals surface area contributed by atoms with Crippen LogP contribution in [0.1, 0.15) is 19.4 Å². The summed E-state index contributed by atoms with van der Waals surface area (Å²) in [6.07, 6.45) is 0. The number of nitrogens with two attached hydrogens (primary N) is 1. The van der Waals surface area contributed by atoms with Gasteiger partial charge in [0.15, 0.2) is 0 Å². The van der Waals surface area contributed by atoms with Gasteiger partial charge in [-0.25, -0.2) is 8.42 Å². The Kier molecular flexibility index (Phi) is 8.16. The first kappa shape index (κ1) is 25.1. The van der Waals surface area contributed by atoms with Gasteiger partial charge in [-0.05, 0) is 38.1 Å². The summed E-state index contributed by atoms with van der Waals surface area (Å²) in [5, 5.41) is 18.2. The second-order valence-electron chi connectivity index (χ2n) is 7.60. The molecule has 0 bridgehead atoms. The molecule has 6 N–H and O–H groups in total. The zero-order valence-electron chi connectivity index (χ0n) is 17.9. The van der Waals surface area contributed by atoms with Gasteiger partial charge in [0.2, 0.25) is 21.8 Å². The maximum absolute atomic E-state index is 12.5. The van der Waals surface area contributed by atoms with E-state index in [1.54, 1.807) is 24.3 Å². The summed E-state index contributed by atoms with van der Waals surface area (Å²) in [5.41, 5.74) is 6.80. The van der Waals surface area contributed by atoms with Crippen LogP contribution in [0.2, 0.25) is 0 Å². The van der Waals surface area contributed by atoms with E-state index in [-0.39, 0.29) is 31.4 Å². The maximum Gasteiger partial charge on any atom is 0.323 e. The number of nitrogens with zero attached hydrogens (tertiary/aromatic N) is 2. The SMILES string of the molecule is CC(C)S(=O)(=O)N[C@@H](CNC(=O)CN1CCN(c2ccc(C(=N)N)cc2)CC1=O)C(=O)O. The van der Waals surface area contributed by atoms with Crippen LogP contribution in [0, 0.1) is 5.41 Å². The van der Waals surface area contributed by atoms with E-state index in [1.807, 2.05) is 9.62 Å². The minimum Gasteiger partial charge on any atom is -0.480 e. The van der Waals surface area contributed by atoms with Crippen LogP contribution < -0.4 is 20.7 Å². The van der Waals surface area contributed by atoms with Crippen molar-refractivity contribution in [2.24, 2.45) is 5.73 Å². The number of nitrogen functional groups attached to an aromatic ring is 1. The Bertz CT molecular complexity index is 979. The number of amidine groups is 1. The van der Waals surface area contributed by atoms with Gasteiger partial charge in [-0.1, -0.05) is 0 Å². The van der Waals surface area contributed by atoms with E-state index in [0.717, 1.165) is 5.69 Å². The molecule has 176 valence electrons. The molecule has 1 aliphatic heterocycles. The van der Waals surface area contributed by atoms with Crippen LogP contribution in [0.5, 0.6) is 0 Å². The van der Waals surface area contributed by atoms with Crippen molar-refractivity contribution in [2.75, 3.05) is 37.6 Å². The van der Waals surface area contributed by atoms with Gasteiger partial charge in [0, 0.05) is 30.9 Å². The highest BCUT2D eigenvalue weighted by molar-refractivity contribution is 7.90. The molecule has 1 atom stereocenters. The molecule has 1 aliphatic rings. The third-order valence-corrected chi connectivity index (χ3v) is 6.78. The number of carbonyl (C=O) groups is 3. The molecular weight excluding hydrogens is 440 g/mol. The molecule has 1 heterocycles. The van der Waals surface area contributed by atoms with E-state index in [1.165, 1.54) is 18.7 Å². The first-order valence-electron chi connectivity index (χ1n) is 9.88. The van der Waals surface area contributed by atoms with E-state index >= 15 is 0 Å². The predicted octanol–water partition coefficient (Wildman–Crippen LogP) is -1.48.